The Labute approximate surface area is 166 Å². The van der Waals surface area contributed by atoms with E-state index < -0.39 is 11.9 Å². The molecule has 0 aliphatic carbocycles. The SMILES string of the molecule is CNC(=O)NC(=O)CSc1nc2ccccc2c(=O)n1-c1ccc(C)cc1C. The van der Waals surface area contributed by atoms with Gasteiger partial charge in [-0.2, -0.15) is 0 Å². The van der Waals surface area contributed by atoms with Crippen molar-refractivity contribution in [3.63, 3.8) is 0 Å². The molecule has 8 heteroatoms. The third-order valence-electron chi connectivity index (χ3n) is 4.15. The van der Waals surface area contributed by atoms with E-state index >= 15 is 0 Å². The van der Waals surface area contributed by atoms with Crippen molar-refractivity contribution in [3.05, 3.63) is 63.9 Å². The molecule has 3 aromatic rings. The Morgan fingerprint density at radius 2 is 1.89 bits per heavy atom. The monoisotopic (exact) mass is 396 g/mol. The lowest BCUT2D eigenvalue weighted by Crippen LogP contribution is -2.38. The molecular weight excluding hydrogens is 376 g/mol. The normalized spacial score (nSPS) is 10.7. The Hall–Kier alpha value is -3.13. The van der Waals surface area contributed by atoms with Crippen molar-refractivity contribution in [1.82, 2.24) is 20.2 Å². The van der Waals surface area contributed by atoms with Crippen molar-refractivity contribution in [3.8, 4) is 5.69 Å². The van der Waals surface area contributed by atoms with Crippen molar-refractivity contribution < 1.29 is 9.59 Å². The fourth-order valence-corrected chi connectivity index (χ4v) is 3.64. The van der Waals surface area contributed by atoms with Gasteiger partial charge in [-0.15, -0.1) is 0 Å². The topological polar surface area (TPSA) is 93.1 Å². The number of carbonyl (C=O) groups is 2. The van der Waals surface area contributed by atoms with Gasteiger partial charge in [0, 0.05) is 7.05 Å². The summed E-state index contributed by atoms with van der Waals surface area (Å²) in [5.74, 6) is -0.526. The van der Waals surface area contributed by atoms with Crippen LogP contribution in [-0.2, 0) is 4.79 Å². The third kappa shape index (κ3) is 4.07. The van der Waals surface area contributed by atoms with Crippen molar-refractivity contribution in [2.45, 2.75) is 19.0 Å². The molecule has 7 nitrogen and oxygen atoms in total. The predicted molar refractivity (Wildman–Crippen MR) is 110 cm³/mol. The van der Waals surface area contributed by atoms with Gasteiger partial charge in [-0.05, 0) is 37.6 Å². The number of benzene rings is 2. The molecule has 0 unspecified atom stereocenters. The van der Waals surface area contributed by atoms with Gasteiger partial charge in [0.25, 0.3) is 5.56 Å². The maximum atomic E-state index is 13.2. The Bertz CT molecular complexity index is 1120. The molecule has 3 amide bonds. The van der Waals surface area contributed by atoms with E-state index in [2.05, 4.69) is 15.6 Å². The smallest absolute Gasteiger partial charge is 0.321 e. The first-order valence-electron chi connectivity index (χ1n) is 8.64. The van der Waals surface area contributed by atoms with Crippen LogP contribution in [0.25, 0.3) is 16.6 Å². The molecular formula is C20H20N4O3S. The maximum Gasteiger partial charge on any atom is 0.321 e. The van der Waals surface area contributed by atoms with Crippen molar-refractivity contribution in [1.29, 1.82) is 0 Å². The van der Waals surface area contributed by atoms with E-state index in [1.54, 1.807) is 18.2 Å². The molecule has 0 saturated heterocycles. The molecule has 0 bridgehead atoms. The number of rotatable bonds is 4. The Morgan fingerprint density at radius 3 is 2.61 bits per heavy atom. The number of hydrogen-bond donors (Lipinski definition) is 2. The molecule has 2 N–H and O–H groups in total. The van der Waals surface area contributed by atoms with E-state index in [0.717, 1.165) is 22.9 Å². The van der Waals surface area contributed by atoms with E-state index in [9.17, 15) is 14.4 Å². The fraction of sp³-hybridized carbons (Fsp3) is 0.200. The highest BCUT2D eigenvalue weighted by atomic mass is 32.2. The minimum atomic E-state index is -0.580. The number of nitrogens with zero attached hydrogens (tertiary/aromatic N) is 2. The lowest BCUT2D eigenvalue weighted by atomic mass is 10.1. The van der Waals surface area contributed by atoms with Gasteiger partial charge in [0.2, 0.25) is 5.91 Å². The van der Waals surface area contributed by atoms with E-state index in [4.69, 9.17) is 0 Å². The minimum Gasteiger partial charge on any atom is -0.341 e. The van der Waals surface area contributed by atoms with Crippen LogP contribution in [0.1, 0.15) is 11.1 Å². The molecule has 0 saturated carbocycles. The van der Waals surface area contributed by atoms with Gasteiger partial charge in [0.1, 0.15) is 0 Å². The molecule has 1 aromatic heterocycles. The lowest BCUT2D eigenvalue weighted by molar-refractivity contribution is -0.117. The summed E-state index contributed by atoms with van der Waals surface area (Å²) in [6.07, 6.45) is 0. The van der Waals surface area contributed by atoms with Gasteiger partial charge < -0.3 is 5.32 Å². The van der Waals surface area contributed by atoms with Crippen LogP contribution in [-0.4, -0.2) is 34.3 Å². The number of aryl methyl sites for hydroxylation is 2. The molecule has 0 atom stereocenters. The lowest BCUT2D eigenvalue weighted by Gasteiger charge is -2.15. The summed E-state index contributed by atoms with van der Waals surface area (Å²) in [7, 11) is 1.43. The number of para-hydroxylation sites is 1. The zero-order chi connectivity index (χ0) is 20.3. The number of urea groups is 1. The van der Waals surface area contributed by atoms with Crippen LogP contribution in [0.4, 0.5) is 4.79 Å². The number of nitrogens with one attached hydrogen (secondary N) is 2. The number of aromatic nitrogens is 2. The van der Waals surface area contributed by atoms with Crippen molar-refractivity contribution in [2.75, 3.05) is 12.8 Å². The maximum absolute atomic E-state index is 13.2. The molecule has 0 aliphatic rings. The molecule has 1 heterocycles. The highest BCUT2D eigenvalue weighted by molar-refractivity contribution is 7.99. The highest BCUT2D eigenvalue weighted by Crippen LogP contribution is 2.23. The second kappa shape index (κ2) is 8.26. The molecule has 3 rings (SSSR count). The van der Waals surface area contributed by atoms with Crippen LogP contribution in [0.15, 0.2) is 52.4 Å². The number of fused-ring (bicyclic) bond motifs is 1. The standard InChI is InChI=1S/C20H20N4O3S/c1-12-8-9-16(13(2)10-12)24-18(26)14-6-4-5-7-15(14)22-20(24)28-11-17(25)23-19(27)21-3/h4-10H,11H2,1-3H3,(H2,21,23,25,27). The number of hydrogen-bond acceptors (Lipinski definition) is 5. The van der Waals surface area contributed by atoms with Crippen LogP contribution in [0.2, 0.25) is 0 Å². The van der Waals surface area contributed by atoms with E-state index in [1.165, 1.54) is 11.6 Å². The molecule has 0 aliphatic heterocycles. The predicted octanol–water partition coefficient (Wildman–Crippen LogP) is 2.55. The molecule has 0 radical (unpaired) electrons. The molecule has 28 heavy (non-hydrogen) atoms. The van der Waals surface area contributed by atoms with Gasteiger partial charge in [0.05, 0.1) is 22.3 Å². The van der Waals surface area contributed by atoms with Crippen LogP contribution < -0.4 is 16.2 Å². The zero-order valence-electron chi connectivity index (χ0n) is 15.8. The van der Waals surface area contributed by atoms with Gasteiger partial charge in [-0.1, -0.05) is 41.6 Å². The van der Waals surface area contributed by atoms with Gasteiger partial charge in [-0.3, -0.25) is 19.5 Å². The first-order valence-corrected chi connectivity index (χ1v) is 9.63. The molecule has 0 fully saturated rings. The number of amides is 3. The summed E-state index contributed by atoms with van der Waals surface area (Å²) < 4.78 is 1.52. The van der Waals surface area contributed by atoms with Crippen LogP contribution in [0, 0.1) is 13.8 Å². The summed E-state index contributed by atoms with van der Waals surface area (Å²) in [5.41, 5.74) is 3.08. The average Bonchev–Trinajstić information content (AvgIpc) is 2.67. The van der Waals surface area contributed by atoms with E-state index in [0.29, 0.717) is 21.7 Å². The van der Waals surface area contributed by atoms with Gasteiger partial charge in [0.15, 0.2) is 5.16 Å². The Kier molecular flexibility index (Phi) is 5.79. The van der Waals surface area contributed by atoms with Crippen LogP contribution in [0.5, 0.6) is 0 Å². The van der Waals surface area contributed by atoms with Crippen molar-refractivity contribution in [2.24, 2.45) is 0 Å². The first-order chi connectivity index (χ1) is 13.4. The minimum absolute atomic E-state index is 0.0525. The van der Waals surface area contributed by atoms with E-state index in [1.807, 2.05) is 38.1 Å². The quantitative estimate of drug-likeness (QED) is 0.522. The summed E-state index contributed by atoms with van der Waals surface area (Å²) in [4.78, 5) is 41.1. The zero-order valence-corrected chi connectivity index (χ0v) is 16.6. The fourth-order valence-electron chi connectivity index (χ4n) is 2.83. The largest absolute Gasteiger partial charge is 0.341 e. The Morgan fingerprint density at radius 1 is 1.14 bits per heavy atom. The average molecular weight is 396 g/mol. The summed E-state index contributed by atoms with van der Waals surface area (Å²) in [6.45, 7) is 3.91. The van der Waals surface area contributed by atoms with Crippen molar-refractivity contribution >= 4 is 34.6 Å². The van der Waals surface area contributed by atoms with Gasteiger partial charge >= 0.3 is 6.03 Å². The molecule has 0 spiro atoms. The Balaban J connectivity index is 2.08. The summed E-state index contributed by atoms with van der Waals surface area (Å²) >= 11 is 1.10. The highest BCUT2D eigenvalue weighted by Gasteiger charge is 2.16. The first kappa shape index (κ1) is 19.6. The second-order valence-corrected chi connectivity index (χ2v) is 7.20. The molecule has 144 valence electrons. The summed E-state index contributed by atoms with van der Waals surface area (Å²) in [5, 5.41) is 5.42. The van der Waals surface area contributed by atoms with Crippen LogP contribution >= 0.6 is 11.8 Å². The number of thioether (sulfide) groups is 1. The second-order valence-electron chi connectivity index (χ2n) is 6.26. The third-order valence-corrected chi connectivity index (χ3v) is 5.09. The van der Waals surface area contributed by atoms with Crippen LogP contribution in [0.3, 0.4) is 0 Å². The summed E-state index contributed by atoms with van der Waals surface area (Å²) in [6, 6.07) is 12.3. The van der Waals surface area contributed by atoms with E-state index in [-0.39, 0.29) is 11.3 Å². The number of imide groups is 1. The van der Waals surface area contributed by atoms with Gasteiger partial charge in [-0.25, -0.2) is 9.78 Å². The number of carbonyl (C=O) groups excluding carboxylic acids is 2. The molecule has 2 aromatic carbocycles.